The van der Waals surface area contributed by atoms with Crippen molar-refractivity contribution in [1.29, 1.82) is 0 Å². The number of rotatable bonds is 1. The minimum Gasteiger partial charge on any atom is -0.255 e. The third-order valence-electron chi connectivity index (χ3n) is 2.43. The van der Waals surface area contributed by atoms with E-state index in [2.05, 4.69) is 27.1 Å². The first-order valence-corrected chi connectivity index (χ1v) is 4.86. The molecule has 0 unspecified atom stereocenters. The van der Waals surface area contributed by atoms with Crippen molar-refractivity contribution in [3.8, 4) is 0 Å². The van der Waals surface area contributed by atoms with Gasteiger partial charge in [0.15, 0.2) is 5.82 Å². The van der Waals surface area contributed by atoms with Gasteiger partial charge in [-0.1, -0.05) is 30.3 Å². The van der Waals surface area contributed by atoms with Crippen LogP contribution in [0.15, 0.2) is 47.7 Å². The zero-order valence-electron chi connectivity index (χ0n) is 8.09. The number of hydrogen-bond donors (Lipinski definition) is 0. The molecule has 0 aliphatic carbocycles. The molecule has 2 aromatic rings. The van der Waals surface area contributed by atoms with Crippen LogP contribution in [0.25, 0.3) is 0 Å². The molecule has 1 aromatic carbocycles. The molecule has 1 aliphatic heterocycles. The minimum absolute atomic E-state index is 0.761. The van der Waals surface area contributed by atoms with Crippen LogP contribution in [0.4, 0.5) is 5.82 Å². The van der Waals surface area contributed by atoms with E-state index >= 15 is 0 Å². The van der Waals surface area contributed by atoms with Gasteiger partial charge in [0.2, 0.25) is 0 Å². The highest BCUT2D eigenvalue weighted by atomic mass is 15.0. The standard InChI is InChI=1S/C12H9N3/c1-2-4-9(5-3-1)10-8-11-12(15-10)14-7-6-13-11/h1-7H,8H2. The Balaban J connectivity index is 2.02. The highest BCUT2D eigenvalue weighted by Gasteiger charge is 2.17. The second-order valence-corrected chi connectivity index (χ2v) is 3.43. The first-order valence-electron chi connectivity index (χ1n) is 4.86. The molecule has 0 atom stereocenters. The average Bonchev–Trinajstić information content (AvgIpc) is 2.74. The van der Waals surface area contributed by atoms with Crippen LogP contribution in [-0.4, -0.2) is 15.7 Å². The maximum Gasteiger partial charge on any atom is 0.174 e. The second kappa shape index (κ2) is 3.28. The van der Waals surface area contributed by atoms with E-state index in [0.717, 1.165) is 29.2 Å². The highest BCUT2D eigenvalue weighted by Crippen LogP contribution is 2.23. The van der Waals surface area contributed by atoms with E-state index < -0.39 is 0 Å². The topological polar surface area (TPSA) is 38.1 Å². The lowest BCUT2D eigenvalue weighted by Gasteiger charge is -1.97. The summed E-state index contributed by atoms with van der Waals surface area (Å²) in [6, 6.07) is 10.2. The van der Waals surface area contributed by atoms with Crippen molar-refractivity contribution in [3.05, 3.63) is 54.0 Å². The molecule has 0 fully saturated rings. The first kappa shape index (κ1) is 8.29. The van der Waals surface area contributed by atoms with E-state index in [-0.39, 0.29) is 0 Å². The summed E-state index contributed by atoms with van der Waals surface area (Å²) in [5, 5.41) is 0. The van der Waals surface area contributed by atoms with Crippen LogP contribution >= 0.6 is 0 Å². The van der Waals surface area contributed by atoms with Crippen LogP contribution in [0.1, 0.15) is 11.3 Å². The Hall–Kier alpha value is -2.03. The molecule has 3 nitrogen and oxygen atoms in total. The van der Waals surface area contributed by atoms with Gasteiger partial charge in [-0.15, -0.1) is 0 Å². The summed E-state index contributed by atoms with van der Waals surface area (Å²) in [6.07, 6.45) is 4.17. The van der Waals surface area contributed by atoms with Gasteiger partial charge in [-0.2, -0.15) is 0 Å². The molecule has 15 heavy (non-hydrogen) atoms. The Bertz CT molecular complexity index is 517. The fourth-order valence-corrected chi connectivity index (χ4v) is 1.70. The second-order valence-electron chi connectivity index (χ2n) is 3.43. The maximum atomic E-state index is 4.46. The summed E-state index contributed by atoms with van der Waals surface area (Å²) in [5.41, 5.74) is 3.17. The minimum atomic E-state index is 0.761. The predicted molar refractivity (Wildman–Crippen MR) is 58.4 cm³/mol. The Morgan fingerprint density at radius 1 is 0.933 bits per heavy atom. The van der Waals surface area contributed by atoms with Gasteiger partial charge in [0.25, 0.3) is 0 Å². The van der Waals surface area contributed by atoms with E-state index in [4.69, 9.17) is 0 Å². The molecule has 72 valence electrons. The van der Waals surface area contributed by atoms with Gasteiger partial charge in [-0.05, 0) is 5.56 Å². The van der Waals surface area contributed by atoms with Gasteiger partial charge in [0.1, 0.15) is 0 Å². The average molecular weight is 195 g/mol. The lowest BCUT2D eigenvalue weighted by atomic mass is 10.1. The van der Waals surface area contributed by atoms with Crippen LogP contribution in [0.2, 0.25) is 0 Å². The van der Waals surface area contributed by atoms with Crippen LogP contribution in [0.3, 0.4) is 0 Å². The van der Waals surface area contributed by atoms with Crippen LogP contribution in [-0.2, 0) is 6.42 Å². The number of hydrogen-bond acceptors (Lipinski definition) is 3. The van der Waals surface area contributed by atoms with Crippen molar-refractivity contribution in [2.75, 3.05) is 0 Å². The molecule has 0 amide bonds. The molecule has 3 rings (SSSR count). The molecule has 3 heteroatoms. The predicted octanol–water partition coefficient (Wildman–Crippen LogP) is 2.15. The zero-order valence-corrected chi connectivity index (χ0v) is 8.09. The molecule has 0 spiro atoms. The molecule has 0 saturated carbocycles. The van der Waals surface area contributed by atoms with Crippen molar-refractivity contribution in [1.82, 2.24) is 9.97 Å². The van der Waals surface area contributed by atoms with E-state index in [1.165, 1.54) is 0 Å². The van der Waals surface area contributed by atoms with E-state index in [0.29, 0.717) is 0 Å². The van der Waals surface area contributed by atoms with Crippen molar-refractivity contribution in [3.63, 3.8) is 0 Å². The Morgan fingerprint density at radius 2 is 1.73 bits per heavy atom. The van der Waals surface area contributed by atoms with Gasteiger partial charge in [0.05, 0.1) is 11.4 Å². The fourth-order valence-electron chi connectivity index (χ4n) is 1.70. The largest absolute Gasteiger partial charge is 0.255 e. The normalized spacial score (nSPS) is 13.5. The fraction of sp³-hybridized carbons (Fsp3) is 0.0833. The summed E-state index contributed by atoms with van der Waals surface area (Å²) < 4.78 is 0. The van der Waals surface area contributed by atoms with Crippen molar-refractivity contribution in [2.24, 2.45) is 4.99 Å². The molecule has 1 aliphatic rings. The van der Waals surface area contributed by atoms with Gasteiger partial charge in [-0.3, -0.25) is 4.98 Å². The lowest BCUT2D eigenvalue weighted by Crippen LogP contribution is -2.00. The first-order chi connectivity index (χ1) is 7.43. The zero-order chi connectivity index (χ0) is 10.1. The number of aromatic nitrogens is 2. The summed E-state index contributed by atoms with van der Waals surface area (Å²) in [6.45, 7) is 0. The number of aliphatic imine (C=N–C) groups is 1. The number of fused-ring (bicyclic) bond motifs is 1. The van der Waals surface area contributed by atoms with E-state index in [9.17, 15) is 0 Å². The highest BCUT2D eigenvalue weighted by molar-refractivity contribution is 6.05. The molecule has 2 heterocycles. The quantitative estimate of drug-likeness (QED) is 0.699. The smallest absolute Gasteiger partial charge is 0.174 e. The summed E-state index contributed by atoms with van der Waals surface area (Å²) >= 11 is 0. The molecule has 0 radical (unpaired) electrons. The third kappa shape index (κ3) is 1.42. The SMILES string of the molecule is c1ccc(C2=Nc3nccnc3C2)cc1. The third-order valence-corrected chi connectivity index (χ3v) is 2.43. The Kier molecular flexibility index (Phi) is 1.81. The Morgan fingerprint density at radius 3 is 2.53 bits per heavy atom. The van der Waals surface area contributed by atoms with Gasteiger partial charge < -0.3 is 0 Å². The number of nitrogens with zero attached hydrogens (tertiary/aromatic N) is 3. The van der Waals surface area contributed by atoms with Crippen LogP contribution in [0.5, 0.6) is 0 Å². The molecule has 1 aromatic heterocycles. The van der Waals surface area contributed by atoms with Crippen molar-refractivity contribution >= 4 is 11.5 Å². The summed E-state index contributed by atoms with van der Waals surface area (Å²) in [5.74, 6) is 0.761. The summed E-state index contributed by atoms with van der Waals surface area (Å²) in [4.78, 5) is 12.9. The molecule has 0 bridgehead atoms. The van der Waals surface area contributed by atoms with Gasteiger partial charge in [0, 0.05) is 18.8 Å². The van der Waals surface area contributed by atoms with Gasteiger partial charge in [-0.25, -0.2) is 9.98 Å². The van der Waals surface area contributed by atoms with Gasteiger partial charge >= 0.3 is 0 Å². The molecular weight excluding hydrogens is 186 g/mol. The van der Waals surface area contributed by atoms with Crippen molar-refractivity contribution < 1.29 is 0 Å². The Labute approximate surface area is 87.5 Å². The maximum absolute atomic E-state index is 4.46. The van der Waals surface area contributed by atoms with Crippen molar-refractivity contribution in [2.45, 2.75) is 6.42 Å². The van der Waals surface area contributed by atoms with E-state index in [1.807, 2.05) is 18.2 Å². The number of benzene rings is 1. The molecule has 0 N–H and O–H groups in total. The van der Waals surface area contributed by atoms with Crippen LogP contribution in [0, 0.1) is 0 Å². The van der Waals surface area contributed by atoms with E-state index in [1.54, 1.807) is 12.4 Å². The lowest BCUT2D eigenvalue weighted by molar-refractivity contribution is 1.11. The molecule has 0 saturated heterocycles. The van der Waals surface area contributed by atoms with Crippen LogP contribution < -0.4 is 0 Å². The monoisotopic (exact) mass is 195 g/mol. The summed E-state index contributed by atoms with van der Waals surface area (Å²) in [7, 11) is 0. The molecular formula is C12H9N3.